The Morgan fingerprint density at radius 3 is 2.87 bits per heavy atom. The highest BCUT2D eigenvalue weighted by Crippen LogP contribution is 2.29. The smallest absolute Gasteiger partial charge is 0.280 e. The number of rotatable bonds is 3. The number of hydrogen-bond acceptors (Lipinski definition) is 5. The van der Waals surface area contributed by atoms with Gasteiger partial charge in [-0.15, -0.1) is 11.3 Å². The fourth-order valence-corrected chi connectivity index (χ4v) is 4.27. The van der Waals surface area contributed by atoms with Gasteiger partial charge in [-0.05, 0) is 44.0 Å². The number of fused-ring (bicyclic) bond motifs is 3. The van der Waals surface area contributed by atoms with E-state index in [1.165, 1.54) is 23.7 Å². The number of nitrogens with one attached hydrogen (secondary N) is 1. The molecule has 1 atom stereocenters. The minimum atomic E-state index is -0.541. The van der Waals surface area contributed by atoms with Crippen molar-refractivity contribution in [2.24, 2.45) is 5.92 Å². The average Bonchev–Trinajstić information content (AvgIpc) is 3.06. The third-order valence-electron chi connectivity index (χ3n) is 4.70. The molecule has 2 aromatic heterocycles. The van der Waals surface area contributed by atoms with Crippen LogP contribution >= 0.6 is 11.3 Å². The molecule has 5 rings (SSSR count). The zero-order valence-electron chi connectivity index (χ0n) is 12.5. The van der Waals surface area contributed by atoms with Crippen molar-refractivity contribution in [3.8, 4) is 10.4 Å². The summed E-state index contributed by atoms with van der Waals surface area (Å²) >= 11 is 1.20. The summed E-state index contributed by atoms with van der Waals surface area (Å²) in [5.41, 5.74) is 0.381. The van der Waals surface area contributed by atoms with E-state index in [1.807, 2.05) is 0 Å². The lowest BCUT2D eigenvalue weighted by Gasteiger charge is -2.44. The van der Waals surface area contributed by atoms with Crippen LogP contribution in [0.2, 0.25) is 0 Å². The van der Waals surface area contributed by atoms with Crippen LogP contribution in [0.1, 0.15) is 22.6 Å². The number of nitrogens with zero attached hydrogens (tertiary/aromatic N) is 3. The monoisotopic (exact) mass is 332 g/mol. The molecule has 120 valence electrons. The van der Waals surface area contributed by atoms with Crippen LogP contribution in [0.3, 0.4) is 0 Å². The lowest BCUT2D eigenvalue weighted by molar-refractivity contribution is 0.0620. The molecule has 0 radical (unpaired) electrons. The summed E-state index contributed by atoms with van der Waals surface area (Å²) in [6, 6.07) is 3.52. The second-order valence-corrected chi connectivity index (χ2v) is 7.12. The Morgan fingerprint density at radius 2 is 2.17 bits per heavy atom. The van der Waals surface area contributed by atoms with E-state index in [9.17, 15) is 9.18 Å². The van der Waals surface area contributed by atoms with Crippen molar-refractivity contribution in [3.05, 3.63) is 35.5 Å². The number of pyridine rings is 1. The highest BCUT2D eigenvalue weighted by atomic mass is 32.1. The molecular weight excluding hydrogens is 315 g/mol. The molecule has 5 heterocycles. The van der Waals surface area contributed by atoms with Crippen LogP contribution in [0.4, 0.5) is 4.39 Å². The van der Waals surface area contributed by atoms with Gasteiger partial charge in [0.1, 0.15) is 0 Å². The van der Waals surface area contributed by atoms with E-state index in [-0.39, 0.29) is 11.9 Å². The number of hydrogen-bond donors (Lipinski definition) is 1. The number of amides is 1. The van der Waals surface area contributed by atoms with Gasteiger partial charge in [0, 0.05) is 30.5 Å². The number of piperidine rings is 3. The van der Waals surface area contributed by atoms with E-state index in [4.69, 9.17) is 0 Å². The summed E-state index contributed by atoms with van der Waals surface area (Å²) in [6.07, 6.45) is 5.24. The molecule has 2 aromatic rings. The summed E-state index contributed by atoms with van der Waals surface area (Å²) in [6.45, 7) is 3.20. The number of carbonyl (C=O) groups excluding carboxylic acids is 1. The Hall–Kier alpha value is -1.86. The Kier molecular flexibility index (Phi) is 3.82. The van der Waals surface area contributed by atoms with Crippen molar-refractivity contribution in [2.75, 3.05) is 19.6 Å². The molecule has 0 aliphatic carbocycles. The first-order valence-corrected chi connectivity index (χ1v) is 8.62. The van der Waals surface area contributed by atoms with E-state index < -0.39 is 5.95 Å². The van der Waals surface area contributed by atoms with Crippen LogP contribution in [-0.4, -0.2) is 46.5 Å². The van der Waals surface area contributed by atoms with Crippen LogP contribution in [0.5, 0.6) is 0 Å². The predicted molar refractivity (Wildman–Crippen MR) is 85.7 cm³/mol. The topological polar surface area (TPSA) is 58.1 Å². The van der Waals surface area contributed by atoms with Gasteiger partial charge in [-0.1, -0.05) is 0 Å². The molecule has 0 spiro atoms. The molecule has 1 unspecified atom stereocenters. The first kappa shape index (κ1) is 14.7. The fourth-order valence-electron chi connectivity index (χ4n) is 3.43. The Morgan fingerprint density at radius 1 is 1.35 bits per heavy atom. The molecular formula is C16H17FN4OS. The lowest BCUT2D eigenvalue weighted by Crippen LogP contribution is -2.57. The van der Waals surface area contributed by atoms with Gasteiger partial charge >= 0.3 is 0 Å². The quantitative estimate of drug-likeness (QED) is 0.875. The van der Waals surface area contributed by atoms with Crippen molar-refractivity contribution in [1.29, 1.82) is 0 Å². The first-order chi connectivity index (χ1) is 11.2. The third kappa shape index (κ3) is 2.86. The van der Waals surface area contributed by atoms with Crippen molar-refractivity contribution < 1.29 is 9.18 Å². The van der Waals surface area contributed by atoms with Crippen LogP contribution in [0, 0.1) is 11.9 Å². The molecule has 1 N–H and O–H groups in total. The maximum atomic E-state index is 13.7. The molecule has 5 nitrogen and oxygen atoms in total. The Balaban J connectivity index is 1.48. The zero-order valence-corrected chi connectivity index (χ0v) is 13.4. The van der Waals surface area contributed by atoms with E-state index in [0.717, 1.165) is 32.5 Å². The minimum absolute atomic E-state index is 0.163. The molecule has 23 heavy (non-hydrogen) atoms. The van der Waals surface area contributed by atoms with Gasteiger partial charge in [0.05, 0.1) is 4.88 Å². The zero-order chi connectivity index (χ0) is 15.8. The second-order valence-electron chi connectivity index (χ2n) is 6.09. The van der Waals surface area contributed by atoms with Crippen molar-refractivity contribution in [3.63, 3.8) is 0 Å². The molecule has 3 saturated heterocycles. The molecule has 0 aromatic carbocycles. The second kappa shape index (κ2) is 5.98. The summed E-state index contributed by atoms with van der Waals surface area (Å²) in [5, 5.41) is 3.48. The first-order valence-electron chi connectivity index (χ1n) is 7.80. The van der Waals surface area contributed by atoms with Crippen molar-refractivity contribution >= 4 is 17.2 Å². The number of carbonyl (C=O) groups is 1. The van der Waals surface area contributed by atoms with Gasteiger partial charge in [0.2, 0.25) is 5.95 Å². The molecule has 3 aliphatic heterocycles. The molecule has 1 amide bonds. The fraction of sp³-hybridized carbons (Fsp3) is 0.438. The molecule has 0 saturated carbocycles. The predicted octanol–water partition coefficient (Wildman–Crippen LogP) is 2.17. The van der Waals surface area contributed by atoms with E-state index in [0.29, 0.717) is 21.4 Å². The van der Waals surface area contributed by atoms with Crippen LogP contribution in [0.15, 0.2) is 24.5 Å². The summed E-state index contributed by atoms with van der Waals surface area (Å²) in [5.74, 6) is -0.135. The van der Waals surface area contributed by atoms with Crippen molar-refractivity contribution in [2.45, 2.75) is 18.9 Å². The standard InChI is InChI=1S/C16H17FN4OS/c17-14-11(2-1-5-18-14)13-8-19-16(23-13)15(22)20-12-9-21-6-3-10(12)4-7-21/h1-2,5,8,10,12H,3-4,6-7,9H2,(H,20,22). The van der Waals surface area contributed by atoms with Gasteiger partial charge in [-0.2, -0.15) is 4.39 Å². The van der Waals surface area contributed by atoms with Crippen molar-refractivity contribution in [1.82, 2.24) is 20.2 Å². The normalized spacial score (nSPS) is 26.2. The van der Waals surface area contributed by atoms with E-state index in [2.05, 4.69) is 20.2 Å². The Bertz CT molecular complexity index is 726. The maximum Gasteiger partial charge on any atom is 0.280 e. The van der Waals surface area contributed by atoms with Gasteiger partial charge in [-0.3, -0.25) is 4.79 Å². The molecule has 2 bridgehead atoms. The van der Waals surface area contributed by atoms with Crippen LogP contribution < -0.4 is 5.32 Å². The van der Waals surface area contributed by atoms with Gasteiger partial charge in [0.25, 0.3) is 5.91 Å². The third-order valence-corrected chi connectivity index (χ3v) is 5.73. The maximum absolute atomic E-state index is 13.7. The molecule has 3 aliphatic rings. The Labute approximate surface area is 137 Å². The summed E-state index contributed by atoms with van der Waals surface area (Å²) < 4.78 is 13.7. The van der Waals surface area contributed by atoms with E-state index >= 15 is 0 Å². The lowest BCUT2D eigenvalue weighted by atomic mass is 9.84. The number of halogens is 1. The molecule has 3 fully saturated rings. The summed E-state index contributed by atoms with van der Waals surface area (Å²) in [4.78, 5) is 23.2. The van der Waals surface area contributed by atoms with Gasteiger partial charge in [0.15, 0.2) is 5.01 Å². The van der Waals surface area contributed by atoms with Gasteiger partial charge < -0.3 is 10.2 Å². The average molecular weight is 332 g/mol. The SMILES string of the molecule is O=C(NC1CN2CCC1CC2)c1ncc(-c2cccnc2F)s1. The largest absolute Gasteiger partial charge is 0.346 e. The van der Waals surface area contributed by atoms with E-state index in [1.54, 1.807) is 12.1 Å². The molecule has 7 heteroatoms. The van der Waals surface area contributed by atoms with Crippen LogP contribution in [-0.2, 0) is 0 Å². The van der Waals surface area contributed by atoms with Gasteiger partial charge in [-0.25, -0.2) is 9.97 Å². The highest BCUT2D eigenvalue weighted by Gasteiger charge is 2.35. The van der Waals surface area contributed by atoms with Crippen LogP contribution in [0.25, 0.3) is 10.4 Å². The number of aromatic nitrogens is 2. The number of thiazole rings is 1. The summed E-state index contributed by atoms with van der Waals surface area (Å²) in [7, 11) is 0. The highest BCUT2D eigenvalue weighted by molar-refractivity contribution is 7.16. The minimum Gasteiger partial charge on any atom is -0.346 e.